The van der Waals surface area contributed by atoms with Crippen molar-refractivity contribution in [3.05, 3.63) is 48.0 Å². The van der Waals surface area contributed by atoms with E-state index in [1.165, 1.54) is 0 Å². The number of hydrogen-bond acceptors (Lipinski definition) is 4. The average Bonchev–Trinajstić information content (AvgIpc) is 2.94. The Balaban J connectivity index is 1.75. The van der Waals surface area contributed by atoms with Crippen LogP contribution >= 0.6 is 0 Å². The van der Waals surface area contributed by atoms with E-state index in [1.54, 1.807) is 6.07 Å². The largest absolute Gasteiger partial charge is 0.341 e. The highest BCUT2D eigenvalue weighted by Gasteiger charge is 2.28. The number of nitrogens with zero attached hydrogens (tertiary/aromatic N) is 3. The van der Waals surface area contributed by atoms with E-state index in [-0.39, 0.29) is 24.1 Å². The molecule has 7 heteroatoms. The number of carbonyl (C=O) groups is 3. The third-order valence-electron chi connectivity index (χ3n) is 7.49. The lowest BCUT2D eigenvalue weighted by Crippen LogP contribution is -2.50. The van der Waals surface area contributed by atoms with Gasteiger partial charge in [-0.15, -0.1) is 0 Å². The summed E-state index contributed by atoms with van der Waals surface area (Å²) in [7, 11) is 2.06. The molecular formula is C31H46N4O3. The van der Waals surface area contributed by atoms with E-state index in [2.05, 4.69) is 31.1 Å². The van der Waals surface area contributed by atoms with Gasteiger partial charge in [0.05, 0.1) is 0 Å². The molecule has 1 N–H and O–H groups in total. The molecule has 2 aromatic carbocycles. The predicted molar refractivity (Wildman–Crippen MR) is 154 cm³/mol. The quantitative estimate of drug-likeness (QED) is 0.365. The first-order chi connectivity index (χ1) is 18.4. The number of piperazine rings is 1. The normalized spacial score (nSPS) is 14.9. The summed E-state index contributed by atoms with van der Waals surface area (Å²) < 4.78 is 0. The van der Waals surface area contributed by atoms with Gasteiger partial charge in [0.15, 0.2) is 0 Å². The zero-order valence-corrected chi connectivity index (χ0v) is 23.6. The first-order valence-electron chi connectivity index (χ1n) is 14.5. The fourth-order valence-corrected chi connectivity index (χ4v) is 4.97. The number of likely N-dealkylation sites (N-methyl/N-ethyl adjacent to an activating group) is 1. The molecule has 7 nitrogen and oxygen atoms in total. The summed E-state index contributed by atoms with van der Waals surface area (Å²) in [5, 5.41) is 5.06. The van der Waals surface area contributed by atoms with Crippen LogP contribution < -0.4 is 5.32 Å². The van der Waals surface area contributed by atoms with Gasteiger partial charge in [-0.1, -0.05) is 69.9 Å². The Morgan fingerprint density at radius 1 is 0.868 bits per heavy atom. The molecule has 0 spiro atoms. The van der Waals surface area contributed by atoms with Gasteiger partial charge in [-0.3, -0.25) is 14.4 Å². The first kappa shape index (κ1) is 29.6. The van der Waals surface area contributed by atoms with Crippen molar-refractivity contribution in [3.8, 4) is 0 Å². The molecular weight excluding hydrogens is 476 g/mol. The Bertz CT molecular complexity index is 1040. The van der Waals surface area contributed by atoms with Gasteiger partial charge in [-0.2, -0.15) is 0 Å². The lowest BCUT2D eigenvalue weighted by atomic mass is 10.0. The molecule has 0 bridgehead atoms. The van der Waals surface area contributed by atoms with E-state index in [9.17, 15) is 14.4 Å². The van der Waals surface area contributed by atoms with Crippen molar-refractivity contribution in [1.29, 1.82) is 0 Å². The molecule has 0 aromatic heterocycles. The summed E-state index contributed by atoms with van der Waals surface area (Å²) in [5.74, 6) is -0.292. The van der Waals surface area contributed by atoms with Gasteiger partial charge in [0.2, 0.25) is 11.8 Å². The zero-order valence-electron chi connectivity index (χ0n) is 23.6. The molecule has 1 fully saturated rings. The number of amides is 3. The highest BCUT2D eigenvalue weighted by molar-refractivity contribution is 6.00. The standard InChI is InChI=1S/C31H46N4O3/c1-4-6-10-18-35(19-11-7-5-2)31(38)28(16-17-29(36)34-22-20-33(3)21-23-34)32-30(37)27-15-14-25-12-8-9-13-26(25)24-27/h8-9,12-15,24,28H,4-7,10-11,16-23H2,1-3H3,(H,32,37). The number of carbonyl (C=O) groups excluding carboxylic acids is 3. The van der Waals surface area contributed by atoms with Crippen LogP contribution in [0.1, 0.15) is 75.6 Å². The number of rotatable bonds is 14. The van der Waals surface area contributed by atoms with Crippen LogP contribution in [-0.2, 0) is 9.59 Å². The van der Waals surface area contributed by atoms with Crippen molar-refractivity contribution in [2.45, 2.75) is 71.3 Å². The average molecular weight is 523 g/mol. The SMILES string of the molecule is CCCCCN(CCCCC)C(=O)C(CCC(=O)N1CCN(C)CC1)NC(=O)c1ccc2ccccc2c1. The summed E-state index contributed by atoms with van der Waals surface area (Å²) in [4.78, 5) is 46.2. The van der Waals surface area contributed by atoms with Crippen LogP contribution in [0.4, 0.5) is 0 Å². The smallest absolute Gasteiger partial charge is 0.251 e. The Labute approximate surface area is 228 Å². The fraction of sp³-hybridized carbons (Fsp3) is 0.581. The van der Waals surface area contributed by atoms with Crippen molar-refractivity contribution in [2.75, 3.05) is 46.3 Å². The molecule has 1 atom stereocenters. The molecule has 0 saturated carbocycles. The summed E-state index contributed by atoms with van der Waals surface area (Å²) in [5.41, 5.74) is 0.524. The Morgan fingerprint density at radius 2 is 1.50 bits per heavy atom. The summed E-state index contributed by atoms with van der Waals surface area (Å²) in [6, 6.07) is 12.8. The van der Waals surface area contributed by atoms with Gasteiger partial charge >= 0.3 is 0 Å². The second-order valence-electron chi connectivity index (χ2n) is 10.6. The maximum Gasteiger partial charge on any atom is 0.251 e. The lowest BCUT2D eigenvalue weighted by Gasteiger charge is -2.33. The lowest BCUT2D eigenvalue weighted by molar-refractivity contribution is -0.135. The second kappa shape index (κ2) is 15.5. The molecule has 2 aromatic rings. The van der Waals surface area contributed by atoms with E-state index < -0.39 is 6.04 Å². The molecule has 1 aliphatic rings. The number of fused-ring (bicyclic) bond motifs is 1. The predicted octanol–water partition coefficient (Wildman–Crippen LogP) is 4.70. The number of nitrogens with one attached hydrogen (secondary N) is 1. The maximum atomic E-state index is 13.8. The van der Waals surface area contributed by atoms with Crippen molar-refractivity contribution in [1.82, 2.24) is 20.0 Å². The molecule has 1 aliphatic heterocycles. The van der Waals surface area contributed by atoms with E-state index in [0.717, 1.165) is 62.4 Å². The molecule has 38 heavy (non-hydrogen) atoms. The molecule has 1 saturated heterocycles. The van der Waals surface area contributed by atoms with Gasteiger partial charge in [-0.25, -0.2) is 0 Å². The molecule has 208 valence electrons. The van der Waals surface area contributed by atoms with Crippen molar-refractivity contribution < 1.29 is 14.4 Å². The van der Waals surface area contributed by atoms with Gasteiger partial charge in [0, 0.05) is 51.3 Å². The van der Waals surface area contributed by atoms with Crippen LogP contribution in [0.3, 0.4) is 0 Å². The molecule has 3 rings (SSSR count). The molecule has 1 heterocycles. The van der Waals surface area contributed by atoms with Crippen LogP contribution in [-0.4, -0.2) is 84.8 Å². The van der Waals surface area contributed by atoms with Gasteiger partial charge in [0.25, 0.3) is 5.91 Å². The van der Waals surface area contributed by atoms with E-state index in [1.807, 2.05) is 46.2 Å². The molecule has 3 amide bonds. The highest BCUT2D eigenvalue weighted by Crippen LogP contribution is 2.17. The minimum absolute atomic E-state index is 0.0550. The van der Waals surface area contributed by atoms with Crippen LogP contribution in [0, 0.1) is 0 Å². The molecule has 0 aliphatic carbocycles. The minimum Gasteiger partial charge on any atom is -0.341 e. The van der Waals surface area contributed by atoms with Gasteiger partial charge in [0.1, 0.15) is 6.04 Å². The van der Waals surface area contributed by atoms with Crippen LogP contribution in [0.2, 0.25) is 0 Å². The van der Waals surface area contributed by atoms with Crippen molar-refractivity contribution in [2.24, 2.45) is 0 Å². The van der Waals surface area contributed by atoms with Crippen LogP contribution in [0.5, 0.6) is 0 Å². The topological polar surface area (TPSA) is 73.0 Å². The summed E-state index contributed by atoms with van der Waals surface area (Å²) >= 11 is 0. The second-order valence-corrected chi connectivity index (χ2v) is 10.6. The van der Waals surface area contributed by atoms with Crippen molar-refractivity contribution in [3.63, 3.8) is 0 Å². The molecule has 1 unspecified atom stereocenters. The number of unbranched alkanes of at least 4 members (excludes halogenated alkanes) is 4. The number of hydrogen-bond donors (Lipinski definition) is 1. The summed E-state index contributed by atoms with van der Waals surface area (Å²) in [6.45, 7) is 8.80. The van der Waals surface area contributed by atoms with E-state index >= 15 is 0 Å². The number of benzene rings is 2. The first-order valence-corrected chi connectivity index (χ1v) is 14.5. The van der Waals surface area contributed by atoms with Crippen molar-refractivity contribution >= 4 is 28.5 Å². The van der Waals surface area contributed by atoms with Gasteiger partial charge in [-0.05, 0) is 49.2 Å². The zero-order chi connectivity index (χ0) is 27.3. The highest BCUT2D eigenvalue weighted by atomic mass is 16.2. The van der Waals surface area contributed by atoms with Crippen LogP contribution in [0.25, 0.3) is 10.8 Å². The Kier molecular flexibility index (Phi) is 12.1. The van der Waals surface area contributed by atoms with Gasteiger partial charge < -0.3 is 20.0 Å². The minimum atomic E-state index is -0.728. The third-order valence-corrected chi connectivity index (χ3v) is 7.49. The Morgan fingerprint density at radius 3 is 2.13 bits per heavy atom. The van der Waals surface area contributed by atoms with E-state index in [0.29, 0.717) is 38.2 Å². The summed E-state index contributed by atoms with van der Waals surface area (Å²) in [6.07, 6.45) is 6.73. The van der Waals surface area contributed by atoms with E-state index in [4.69, 9.17) is 0 Å². The van der Waals surface area contributed by atoms with Crippen LogP contribution in [0.15, 0.2) is 42.5 Å². The fourth-order valence-electron chi connectivity index (χ4n) is 4.97. The third kappa shape index (κ3) is 8.83. The maximum absolute atomic E-state index is 13.8. The monoisotopic (exact) mass is 522 g/mol. The Hall–Kier alpha value is -2.93. The molecule has 0 radical (unpaired) electrons.